The molecule has 1 N–H and O–H groups in total. The lowest BCUT2D eigenvalue weighted by molar-refractivity contribution is 0.0542. The maximum Gasteiger partial charge on any atom is 0.0309 e. The molecular weight excluding hydrogens is 228 g/mol. The zero-order valence-corrected chi connectivity index (χ0v) is 11.9. The zero-order valence-electron chi connectivity index (χ0n) is 11.1. The molecule has 1 spiro atoms. The lowest BCUT2D eigenvalue weighted by Crippen LogP contribution is -2.65. The Bertz CT molecular complexity index is 257. The average molecular weight is 254 g/mol. The van der Waals surface area contributed by atoms with Gasteiger partial charge in [0.2, 0.25) is 0 Å². The van der Waals surface area contributed by atoms with Crippen LogP contribution in [0.25, 0.3) is 0 Å². The van der Waals surface area contributed by atoms with Crippen LogP contribution in [-0.4, -0.2) is 47.1 Å². The third-order valence-corrected chi connectivity index (χ3v) is 6.19. The molecule has 17 heavy (non-hydrogen) atoms. The molecule has 2 saturated heterocycles. The smallest absolute Gasteiger partial charge is 0.0309 e. The summed E-state index contributed by atoms with van der Waals surface area (Å²) in [5.41, 5.74) is 0.495. The molecule has 2 atom stereocenters. The Kier molecular flexibility index (Phi) is 3.69. The largest absolute Gasteiger partial charge is 0.308 e. The zero-order chi connectivity index (χ0) is 11.7. The van der Waals surface area contributed by atoms with Gasteiger partial charge in [0, 0.05) is 36.5 Å². The van der Waals surface area contributed by atoms with Gasteiger partial charge in [0.1, 0.15) is 0 Å². The minimum Gasteiger partial charge on any atom is -0.308 e. The predicted molar refractivity (Wildman–Crippen MR) is 75.7 cm³/mol. The van der Waals surface area contributed by atoms with Crippen LogP contribution in [0.3, 0.4) is 0 Å². The molecule has 0 radical (unpaired) electrons. The summed E-state index contributed by atoms with van der Waals surface area (Å²) in [6, 6.07) is 1.60. The highest BCUT2D eigenvalue weighted by Crippen LogP contribution is 2.35. The van der Waals surface area contributed by atoms with Crippen LogP contribution in [0, 0.1) is 0 Å². The van der Waals surface area contributed by atoms with Crippen LogP contribution in [0.2, 0.25) is 0 Å². The fourth-order valence-corrected chi connectivity index (χ4v) is 5.07. The van der Waals surface area contributed by atoms with Crippen molar-refractivity contribution in [2.24, 2.45) is 0 Å². The van der Waals surface area contributed by atoms with Crippen LogP contribution in [0.15, 0.2) is 0 Å². The molecule has 0 amide bonds. The lowest BCUT2D eigenvalue weighted by atomic mass is 9.91. The fourth-order valence-electron chi connectivity index (χ4n) is 3.90. The van der Waals surface area contributed by atoms with Gasteiger partial charge in [-0.15, -0.1) is 0 Å². The molecule has 0 aromatic heterocycles. The molecule has 2 aliphatic heterocycles. The first-order chi connectivity index (χ1) is 8.29. The van der Waals surface area contributed by atoms with E-state index >= 15 is 0 Å². The summed E-state index contributed by atoms with van der Waals surface area (Å²) in [7, 11) is 0. The number of nitrogens with one attached hydrogen (secondary N) is 1. The van der Waals surface area contributed by atoms with Crippen molar-refractivity contribution in [2.45, 2.75) is 63.1 Å². The Hall–Kier alpha value is 0.270. The van der Waals surface area contributed by atoms with E-state index in [-0.39, 0.29) is 0 Å². The topological polar surface area (TPSA) is 15.3 Å². The molecule has 1 aliphatic carbocycles. The first-order valence-electron chi connectivity index (χ1n) is 7.38. The molecule has 98 valence electrons. The van der Waals surface area contributed by atoms with Crippen LogP contribution >= 0.6 is 11.8 Å². The normalized spacial score (nSPS) is 38.6. The molecule has 3 fully saturated rings. The van der Waals surface area contributed by atoms with Gasteiger partial charge in [-0.25, -0.2) is 0 Å². The SMILES string of the molecule is CC1CNC2(CCCC2)CN1C1CCCSC1. The molecule has 3 aliphatic rings. The van der Waals surface area contributed by atoms with Crippen molar-refractivity contribution in [2.75, 3.05) is 24.6 Å². The van der Waals surface area contributed by atoms with Crippen molar-refractivity contribution < 1.29 is 0 Å². The second-order valence-electron chi connectivity index (χ2n) is 6.26. The highest BCUT2D eigenvalue weighted by Gasteiger charge is 2.41. The summed E-state index contributed by atoms with van der Waals surface area (Å²) in [5.74, 6) is 2.77. The van der Waals surface area contributed by atoms with Crippen molar-refractivity contribution in [1.82, 2.24) is 10.2 Å². The van der Waals surface area contributed by atoms with Gasteiger partial charge in [0.15, 0.2) is 0 Å². The predicted octanol–water partition coefficient (Wildman–Crippen LogP) is 2.49. The van der Waals surface area contributed by atoms with Crippen LogP contribution in [0.5, 0.6) is 0 Å². The number of hydrogen-bond acceptors (Lipinski definition) is 3. The summed E-state index contributed by atoms with van der Waals surface area (Å²) in [6.07, 6.45) is 8.57. The van der Waals surface area contributed by atoms with E-state index in [9.17, 15) is 0 Å². The maximum absolute atomic E-state index is 3.86. The fraction of sp³-hybridized carbons (Fsp3) is 1.00. The number of nitrogens with zero attached hydrogens (tertiary/aromatic N) is 1. The van der Waals surface area contributed by atoms with Crippen LogP contribution < -0.4 is 5.32 Å². The summed E-state index contributed by atoms with van der Waals surface area (Å²) < 4.78 is 0. The van der Waals surface area contributed by atoms with E-state index in [0.29, 0.717) is 5.54 Å². The maximum atomic E-state index is 3.86. The second-order valence-corrected chi connectivity index (χ2v) is 7.41. The van der Waals surface area contributed by atoms with E-state index in [1.165, 1.54) is 63.1 Å². The van der Waals surface area contributed by atoms with Crippen LogP contribution in [0.1, 0.15) is 45.4 Å². The number of piperazine rings is 1. The van der Waals surface area contributed by atoms with Crippen molar-refractivity contribution in [1.29, 1.82) is 0 Å². The third-order valence-electron chi connectivity index (χ3n) is 4.99. The van der Waals surface area contributed by atoms with Crippen LogP contribution in [0.4, 0.5) is 0 Å². The van der Waals surface area contributed by atoms with Gasteiger partial charge in [-0.3, -0.25) is 4.90 Å². The summed E-state index contributed by atoms with van der Waals surface area (Å²) in [6.45, 7) is 4.94. The number of thioether (sulfide) groups is 1. The number of hydrogen-bond donors (Lipinski definition) is 1. The third kappa shape index (κ3) is 2.52. The highest BCUT2D eigenvalue weighted by molar-refractivity contribution is 7.99. The van der Waals surface area contributed by atoms with E-state index in [1.54, 1.807) is 0 Å². The molecule has 2 unspecified atom stereocenters. The Morgan fingerprint density at radius 1 is 1.24 bits per heavy atom. The van der Waals surface area contributed by atoms with Crippen molar-refractivity contribution in [3.8, 4) is 0 Å². The van der Waals surface area contributed by atoms with Crippen molar-refractivity contribution >= 4 is 11.8 Å². The van der Waals surface area contributed by atoms with Gasteiger partial charge in [-0.05, 0) is 38.4 Å². The van der Waals surface area contributed by atoms with E-state index in [1.807, 2.05) is 0 Å². The van der Waals surface area contributed by atoms with Crippen molar-refractivity contribution in [3.63, 3.8) is 0 Å². The summed E-state index contributed by atoms with van der Waals surface area (Å²) in [5, 5.41) is 3.86. The minimum absolute atomic E-state index is 0.495. The standard InChI is InChI=1S/C14H26N2S/c1-12-9-15-14(6-2-3-7-14)11-16(12)13-5-4-8-17-10-13/h12-13,15H,2-11H2,1H3. The molecule has 3 heteroatoms. The van der Waals surface area contributed by atoms with E-state index < -0.39 is 0 Å². The number of rotatable bonds is 1. The molecule has 3 rings (SSSR count). The monoisotopic (exact) mass is 254 g/mol. The molecule has 0 aromatic carbocycles. The average Bonchev–Trinajstić information content (AvgIpc) is 2.82. The summed E-state index contributed by atoms with van der Waals surface area (Å²) in [4.78, 5) is 2.84. The molecule has 0 bridgehead atoms. The molecule has 2 nitrogen and oxygen atoms in total. The highest BCUT2D eigenvalue weighted by atomic mass is 32.2. The first-order valence-corrected chi connectivity index (χ1v) is 8.53. The Morgan fingerprint density at radius 3 is 2.76 bits per heavy atom. The lowest BCUT2D eigenvalue weighted by Gasteiger charge is -2.49. The van der Waals surface area contributed by atoms with Gasteiger partial charge in [0.25, 0.3) is 0 Å². The second kappa shape index (κ2) is 5.10. The van der Waals surface area contributed by atoms with Gasteiger partial charge >= 0.3 is 0 Å². The molecular formula is C14H26N2S. The molecule has 2 heterocycles. The Morgan fingerprint density at radius 2 is 2.06 bits per heavy atom. The Balaban J connectivity index is 1.68. The summed E-state index contributed by atoms with van der Waals surface area (Å²) >= 11 is 2.17. The van der Waals surface area contributed by atoms with Gasteiger partial charge in [-0.2, -0.15) is 11.8 Å². The first kappa shape index (κ1) is 12.3. The van der Waals surface area contributed by atoms with Gasteiger partial charge < -0.3 is 5.32 Å². The molecule has 1 saturated carbocycles. The van der Waals surface area contributed by atoms with Crippen molar-refractivity contribution in [3.05, 3.63) is 0 Å². The van der Waals surface area contributed by atoms with E-state index in [2.05, 4.69) is 28.9 Å². The van der Waals surface area contributed by atoms with E-state index in [4.69, 9.17) is 0 Å². The van der Waals surface area contributed by atoms with E-state index in [0.717, 1.165) is 12.1 Å². The van der Waals surface area contributed by atoms with Crippen LogP contribution in [-0.2, 0) is 0 Å². The van der Waals surface area contributed by atoms with Gasteiger partial charge in [-0.1, -0.05) is 12.8 Å². The quantitative estimate of drug-likeness (QED) is 0.774. The Labute approximate surface area is 110 Å². The minimum atomic E-state index is 0.495. The molecule has 0 aromatic rings. The van der Waals surface area contributed by atoms with Gasteiger partial charge in [0.05, 0.1) is 0 Å².